The Morgan fingerprint density at radius 2 is 2.36 bits per heavy atom. The maximum absolute atomic E-state index is 9.52. The summed E-state index contributed by atoms with van der Waals surface area (Å²) in [5, 5.41) is 18.8. The van der Waals surface area contributed by atoms with Gasteiger partial charge in [-0.3, -0.25) is 0 Å². The van der Waals surface area contributed by atoms with E-state index in [4.69, 9.17) is 9.15 Å². The normalized spacial score (nSPS) is 32.4. The molecule has 2 N–H and O–H groups in total. The number of aliphatic hydroxyl groups is 2. The Kier molecular flexibility index (Phi) is 2.54. The van der Waals surface area contributed by atoms with Crippen LogP contribution in [0.15, 0.2) is 10.6 Å². The lowest BCUT2D eigenvalue weighted by Gasteiger charge is -2.10. The molecule has 2 rings (SSSR count). The van der Waals surface area contributed by atoms with Crippen molar-refractivity contribution in [1.29, 1.82) is 0 Å². The molecule has 0 radical (unpaired) electrons. The number of hydrogen-bond donors (Lipinski definition) is 2. The topological polar surface area (TPSA) is 75.7 Å². The summed E-state index contributed by atoms with van der Waals surface area (Å²) in [5.41, 5.74) is 0. The molecule has 1 aromatic rings. The molecule has 0 aliphatic carbocycles. The number of rotatable bonds is 2. The van der Waals surface area contributed by atoms with Gasteiger partial charge in [-0.1, -0.05) is 6.92 Å². The van der Waals surface area contributed by atoms with E-state index in [0.29, 0.717) is 5.89 Å². The first-order valence-corrected chi connectivity index (χ1v) is 4.64. The van der Waals surface area contributed by atoms with Gasteiger partial charge in [-0.2, -0.15) is 0 Å². The minimum atomic E-state index is -0.946. The highest BCUT2D eigenvalue weighted by Crippen LogP contribution is 2.28. The molecule has 0 saturated carbocycles. The Morgan fingerprint density at radius 3 is 2.86 bits per heavy atom. The molecule has 0 spiro atoms. The van der Waals surface area contributed by atoms with E-state index in [-0.39, 0.29) is 6.61 Å². The zero-order valence-corrected chi connectivity index (χ0v) is 7.88. The summed E-state index contributed by atoms with van der Waals surface area (Å²) in [5.74, 6) is 1.09. The molecule has 1 saturated heterocycles. The molecule has 0 bridgehead atoms. The first-order chi connectivity index (χ1) is 6.72. The predicted molar refractivity (Wildman–Crippen MR) is 46.6 cm³/mol. The Morgan fingerprint density at radius 1 is 1.57 bits per heavy atom. The Balaban J connectivity index is 2.15. The van der Waals surface area contributed by atoms with E-state index < -0.39 is 18.3 Å². The lowest BCUT2D eigenvalue weighted by molar-refractivity contribution is 0.00873. The zero-order chi connectivity index (χ0) is 10.1. The van der Waals surface area contributed by atoms with Gasteiger partial charge in [-0.15, -0.1) is 0 Å². The second-order valence-corrected chi connectivity index (χ2v) is 3.33. The molecule has 0 amide bonds. The molecule has 14 heavy (non-hydrogen) atoms. The smallest absolute Gasteiger partial charge is 0.226 e. The summed E-state index contributed by atoms with van der Waals surface area (Å²) >= 11 is 0. The van der Waals surface area contributed by atoms with Crippen molar-refractivity contribution in [2.45, 2.75) is 31.7 Å². The predicted octanol–water partition coefficient (Wildman–Crippen LogP) is 0.0301. The highest BCUT2D eigenvalue weighted by atomic mass is 16.5. The molecule has 5 heteroatoms. The van der Waals surface area contributed by atoms with Crippen molar-refractivity contribution in [3.8, 4) is 0 Å². The highest BCUT2D eigenvalue weighted by molar-refractivity contribution is 5.01. The third kappa shape index (κ3) is 1.54. The second-order valence-electron chi connectivity index (χ2n) is 3.33. The fourth-order valence-corrected chi connectivity index (χ4v) is 1.44. The summed E-state index contributed by atoms with van der Waals surface area (Å²) in [6.07, 6.45) is -0.0743. The molecule has 1 aliphatic heterocycles. The van der Waals surface area contributed by atoms with E-state index >= 15 is 0 Å². The first-order valence-electron chi connectivity index (χ1n) is 4.64. The van der Waals surface area contributed by atoms with Crippen LogP contribution in [0.2, 0.25) is 0 Å². The van der Waals surface area contributed by atoms with Crippen LogP contribution < -0.4 is 0 Å². The third-order valence-corrected chi connectivity index (χ3v) is 2.31. The first kappa shape index (κ1) is 9.64. The summed E-state index contributed by atoms with van der Waals surface area (Å²) in [7, 11) is 0. The van der Waals surface area contributed by atoms with Crippen LogP contribution in [0.5, 0.6) is 0 Å². The molecule has 78 valence electrons. The summed E-state index contributed by atoms with van der Waals surface area (Å²) < 4.78 is 10.5. The van der Waals surface area contributed by atoms with E-state index in [2.05, 4.69) is 4.98 Å². The third-order valence-electron chi connectivity index (χ3n) is 2.31. The molecule has 1 aromatic heterocycles. The van der Waals surface area contributed by atoms with Crippen LogP contribution in [-0.2, 0) is 11.2 Å². The van der Waals surface area contributed by atoms with E-state index in [0.717, 1.165) is 12.2 Å². The minimum absolute atomic E-state index is 0.121. The maximum atomic E-state index is 9.52. The van der Waals surface area contributed by atoms with Gasteiger partial charge in [0, 0.05) is 6.42 Å². The molecular formula is C9H13NO4. The lowest BCUT2D eigenvalue weighted by atomic mass is 10.1. The van der Waals surface area contributed by atoms with Gasteiger partial charge in [0.2, 0.25) is 5.89 Å². The van der Waals surface area contributed by atoms with Crippen molar-refractivity contribution in [3.05, 3.63) is 17.8 Å². The van der Waals surface area contributed by atoms with Crippen LogP contribution in [0, 0.1) is 0 Å². The van der Waals surface area contributed by atoms with Gasteiger partial charge in [0.05, 0.1) is 12.8 Å². The molecule has 2 heterocycles. The van der Waals surface area contributed by atoms with Crippen LogP contribution in [0.4, 0.5) is 0 Å². The van der Waals surface area contributed by atoms with Crippen LogP contribution in [0.3, 0.4) is 0 Å². The van der Waals surface area contributed by atoms with Gasteiger partial charge in [0.15, 0.2) is 6.10 Å². The van der Waals surface area contributed by atoms with E-state index in [1.165, 1.54) is 0 Å². The van der Waals surface area contributed by atoms with Gasteiger partial charge in [-0.05, 0) is 0 Å². The molecular weight excluding hydrogens is 186 g/mol. The number of hydrogen-bond acceptors (Lipinski definition) is 5. The number of oxazole rings is 1. The summed E-state index contributed by atoms with van der Waals surface area (Å²) in [6.45, 7) is 2.07. The van der Waals surface area contributed by atoms with Crippen molar-refractivity contribution < 1.29 is 19.4 Å². The molecule has 5 nitrogen and oxygen atoms in total. The average molecular weight is 199 g/mol. The van der Waals surface area contributed by atoms with Crippen LogP contribution in [0.1, 0.15) is 24.7 Å². The van der Waals surface area contributed by atoms with Crippen molar-refractivity contribution in [3.63, 3.8) is 0 Å². The Hall–Kier alpha value is -0.910. The van der Waals surface area contributed by atoms with Crippen molar-refractivity contribution in [2.75, 3.05) is 6.61 Å². The fourth-order valence-electron chi connectivity index (χ4n) is 1.44. The number of aromatic nitrogens is 1. The van der Waals surface area contributed by atoms with E-state index in [9.17, 15) is 10.2 Å². The number of nitrogens with zero attached hydrogens (tertiary/aromatic N) is 1. The van der Waals surface area contributed by atoms with Gasteiger partial charge < -0.3 is 19.4 Å². The van der Waals surface area contributed by atoms with Crippen molar-refractivity contribution in [1.82, 2.24) is 4.98 Å². The van der Waals surface area contributed by atoms with Gasteiger partial charge in [0.1, 0.15) is 18.0 Å². The second kappa shape index (κ2) is 3.68. The van der Waals surface area contributed by atoms with Crippen LogP contribution in [0.25, 0.3) is 0 Å². The quantitative estimate of drug-likeness (QED) is 0.702. The standard InChI is InChI=1S/C9H13NO4/c1-2-5-3-10-9(14-5)8-7(12)6(11)4-13-8/h3,6-8,11-12H,2,4H2,1H3. The maximum Gasteiger partial charge on any atom is 0.226 e. The van der Waals surface area contributed by atoms with Crippen LogP contribution in [-0.4, -0.2) is 34.0 Å². The molecule has 0 aromatic carbocycles. The zero-order valence-electron chi connectivity index (χ0n) is 7.88. The monoisotopic (exact) mass is 199 g/mol. The van der Waals surface area contributed by atoms with E-state index in [1.54, 1.807) is 6.20 Å². The molecule has 1 fully saturated rings. The number of ether oxygens (including phenoxy) is 1. The van der Waals surface area contributed by atoms with Gasteiger partial charge in [-0.25, -0.2) is 4.98 Å². The highest BCUT2D eigenvalue weighted by Gasteiger charge is 2.38. The summed E-state index contributed by atoms with van der Waals surface area (Å²) in [6, 6.07) is 0. The Bertz CT molecular complexity index is 312. The Labute approximate surface area is 81.3 Å². The van der Waals surface area contributed by atoms with Gasteiger partial charge in [0.25, 0.3) is 0 Å². The molecule has 3 atom stereocenters. The van der Waals surface area contributed by atoms with Crippen molar-refractivity contribution in [2.24, 2.45) is 0 Å². The lowest BCUT2D eigenvalue weighted by Crippen LogP contribution is -2.25. The SMILES string of the molecule is CCc1cnc(C2OCC(O)C2O)o1. The number of aliphatic hydroxyl groups excluding tert-OH is 2. The number of aryl methyl sites for hydroxylation is 1. The molecule has 3 unspecified atom stereocenters. The average Bonchev–Trinajstić information content (AvgIpc) is 2.75. The largest absolute Gasteiger partial charge is 0.443 e. The van der Waals surface area contributed by atoms with Crippen molar-refractivity contribution >= 4 is 0 Å². The van der Waals surface area contributed by atoms with Gasteiger partial charge >= 0.3 is 0 Å². The summed E-state index contributed by atoms with van der Waals surface area (Å²) in [4.78, 5) is 3.99. The minimum Gasteiger partial charge on any atom is -0.443 e. The molecule has 1 aliphatic rings. The van der Waals surface area contributed by atoms with E-state index in [1.807, 2.05) is 6.92 Å². The fraction of sp³-hybridized carbons (Fsp3) is 0.667. The van der Waals surface area contributed by atoms with Crippen LogP contribution >= 0.6 is 0 Å².